The van der Waals surface area contributed by atoms with Gasteiger partial charge in [0.05, 0.1) is 3.79 Å². The van der Waals surface area contributed by atoms with Gasteiger partial charge in [0.1, 0.15) is 5.82 Å². The van der Waals surface area contributed by atoms with E-state index < -0.39 is 5.54 Å². The van der Waals surface area contributed by atoms with Gasteiger partial charge in [-0.25, -0.2) is 4.39 Å². The number of hydrogen-bond donors (Lipinski definition) is 1. The Kier molecular flexibility index (Phi) is 4.20. The fraction of sp³-hybridized carbons (Fsp3) is 0.286. The van der Waals surface area contributed by atoms with Gasteiger partial charge in [0.2, 0.25) is 0 Å². The second-order valence-corrected chi connectivity index (χ2v) is 6.95. The summed E-state index contributed by atoms with van der Waals surface area (Å²) >= 11 is 5.12. The molecule has 0 aliphatic rings. The molecule has 0 aliphatic heterocycles. The molecule has 0 radical (unpaired) electrons. The maximum Gasteiger partial charge on any atom is 0.123 e. The molecule has 0 bridgehead atoms. The van der Waals surface area contributed by atoms with Crippen LogP contribution in [0, 0.1) is 5.82 Å². The van der Waals surface area contributed by atoms with Crippen LogP contribution >= 0.6 is 27.3 Å². The van der Waals surface area contributed by atoms with E-state index in [2.05, 4.69) is 22.0 Å². The number of benzene rings is 1. The first-order chi connectivity index (χ1) is 8.53. The molecule has 0 saturated heterocycles. The highest BCUT2D eigenvalue weighted by molar-refractivity contribution is 9.11. The Hall–Kier alpha value is -0.710. The molecular weight excluding hydrogens is 313 g/mol. The Morgan fingerprint density at radius 3 is 2.67 bits per heavy atom. The average Bonchev–Trinajstić information content (AvgIpc) is 2.74. The molecule has 0 saturated carbocycles. The fourth-order valence-corrected chi connectivity index (χ4v) is 3.60. The van der Waals surface area contributed by atoms with Crippen LogP contribution in [-0.2, 0) is 12.0 Å². The van der Waals surface area contributed by atoms with Gasteiger partial charge in [-0.15, -0.1) is 11.3 Å². The molecule has 18 heavy (non-hydrogen) atoms. The Morgan fingerprint density at radius 2 is 2.11 bits per heavy atom. The number of nitrogens with two attached hydrogens (primary N) is 1. The number of thiophene rings is 1. The molecule has 0 fully saturated rings. The summed E-state index contributed by atoms with van der Waals surface area (Å²) in [5.74, 6) is -0.233. The van der Waals surface area contributed by atoms with Crippen LogP contribution in [0.25, 0.3) is 0 Å². The lowest BCUT2D eigenvalue weighted by molar-refractivity contribution is 0.425. The average molecular weight is 328 g/mol. The van der Waals surface area contributed by atoms with Crippen LogP contribution in [-0.4, -0.2) is 0 Å². The van der Waals surface area contributed by atoms with Crippen LogP contribution in [0.1, 0.15) is 23.8 Å². The van der Waals surface area contributed by atoms with E-state index in [1.165, 1.54) is 17.0 Å². The largest absolute Gasteiger partial charge is 0.321 e. The second-order valence-electron chi connectivity index (χ2n) is 4.40. The van der Waals surface area contributed by atoms with Gasteiger partial charge in [0.15, 0.2) is 0 Å². The van der Waals surface area contributed by atoms with E-state index in [4.69, 9.17) is 5.73 Å². The number of hydrogen-bond acceptors (Lipinski definition) is 2. The van der Waals surface area contributed by atoms with E-state index in [9.17, 15) is 4.39 Å². The lowest BCUT2D eigenvalue weighted by Crippen LogP contribution is -2.38. The molecule has 1 unspecified atom stereocenters. The molecule has 1 aromatic carbocycles. The first-order valence-electron chi connectivity index (χ1n) is 5.82. The Balaban J connectivity index is 2.30. The van der Waals surface area contributed by atoms with E-state index >= 15 is 0 Å². The third kappa shape index (κ3) is 2.99. The van der Waals surface area contributed by atoms with Gasteiger partial charge >= 0.3 is 0 Å². The monoisotopic (exact) mass is 327 g/mol. The van der Waals surface area contributed by atoms with Crippen molar-refractivity contribution in [3.8, 4) is 0 Å². The zero-order chi connectivity index (χ0) is 13.2. The van der Waals surface area contributed by atoms with Gasteiger partial charge in [-0.2, -0.15) is 0 Å². The van der Waals surface area contributed by atoms with Crippen molar-refractivity contribution in [1.82, 2.24) is 0 Å². The van der Waals surface area contributed by atoms with Crippen molar-refractivity contribution in [3.05, 3.63) is 56.4 Å². The normalized spacial score (nSPS) is 14.4. The summed E-state index contributed by atoms with van der Waals surface area (Å²) in [5, 5.41) is 0. The highest BCUT2D eigenvalue weighted by Gasteiger charge is 2.26. The van der Waals surface area contributed by atoms with Crippen molar-refractivity contribution < 1.29 is 4.39 Å². The zero-order valence-electron chi connectivity index (χ0n) is 10.1. The molecule has 2 N–H and O–H groups in total. The van der Waals surface area contributed by atoms with E-state index in [1.807, 2.05) is 19.1 Å². The summed E-state index contributed by atoms with van der Waals surface area (Å²) in [6.07, 6.45) is 1.50. The van der Waals surface area contributed by atoms with E-state index in [1.54, 1.807) is 17.4 Å². The summed E-state index contributed by atoms with van der Waals surface area (Å²) in [5.41, 5.74) is 6.80. The van der Waals surface area contributed by atoms with Crippen molar-refractivity contribution in [2.24, 2.45) is 5.73 Å². The minimum Gasteiger partial charge on any atom is -0.321 e. The second kappa shape index (κ2) is 5.51. The summed E-state index contributed by atoms with van der Waals surface area (Å²) < 4.78 is 14.4. The summed E-state index contributed by atoms with van der Waals surface area (Å²) in [7, 11) is 0. The maximum atomic E-state index is 13.3. The van der Waals surface area contributed by atoms with Gasteiger partial charge in [-0.3, -0.25) is 0 Å². The lowest BCUT2D eigenvalue weighted by atomic mass is 9.84. The standard InChI is InChI=1S/C14H15BrFNS/c1-2-14(17,9-12-6-7-13(15)18-12)10-4-3-5-11(16)8-10/h3-8H,2,9,17H2,1H3. The number of rotatable bonds is 4. The highest BCUT2D eigenvalue weighted by Crippen LogP contribution is 2.31. The highest BCUT2D eigenvalue weighted by atomic mass is 79.9. The molecule has 2 rings (SSSR count). The van der Waals surface area contributed by atoms with Crippen molar-refractivity contribution >= 4 is 27.3 Å². The van der Waals surface area contributed by atoms with Gasteiger partial charge in [0.25, 0.3) is 0 Å². The van der Waals surface area contributed by atoms with Crippen molar-refractivity contribution in [2.75, 3.05) is 0 Å². The first kappa shape index (κ1) is 13.7. The van der Waals surface area contributed by atoms with Crippen molar-refractivity contribution in [2.45, 2.75) is 25.3 Å². The number of halogens is 2. The zero-order valence-corrected chi connectivity index (χ0v) is 12.5. The van der Waals surface area contributed by atoms with Crippen molar-refractivity contribution in [1.29, 1.82) is 0 Å². The molecule has 0 spiro atoms. The van der Waals surface area contributed by atoms with E-state index in [-0.39, 0.29) is 5.82 Å². The minimum atomic E-state index is -0.508. The van der Waals surface area contributed by atoms with Crippen LogP contribution in [0.2, 0.25) is 0 Å². The molecule has 0 amide bonds. The molecule has 1 heterocycles. The van der Waals surface area contributed by atoms with Gasteiger partial charge < -0.3 is 5.73 Å². The smallest absolute Gasteiger partial charge is 0.123 e. The topological polar surface area (TPSA) is 26.0 Å². The molecular formula is C14H15BrFNS. The predicted molar refractivity (Wildman–Crippen MR) is 78.3 cm³/mol. The quantitative estimate of drug-likeness (QED) is 0.881. The predicted octanol–water partition coefficient (Wildman–Crippen LogP) is 4.46. The summed E-state index contributed by atoms with van der Waals surface area (Å²) in [4.78, 5) is 1.20. The molecule has 4 heteroatoms. The lowest BCUT2D eigenvalue weighted by Gasteiger charge is -2.28. The maximum absolute atomic E-state index is 13.3. The van der Waals surface area contributed by atoms with Gasteiger partial charge in [-0.1, -0.05) is 19.1 Å². The van der Waals surface area contributed by atoms with Crippen LogP contribution in [0.15, 0.2) is 40.2 Å². The molecule has 0 aliphatic carbocycles. The van der Waals surface area contributed by atoms with Crippen LogP contribution < -0.4 is 5.73 Å². The molecule has 1 atom stereocenters. The summed E-state index contributed by atoms with van der Waals surface area (Å²) in [6.45, 7) is 2.04. The van der Waals surface area contributed by atoms with Crippen molar-refractivity contribution in [3.63, 3.8) is 0 Å². The molecule has 2 aromatic rings. The molecule has 1 aromatic heterocycles. The van der Waals surface area contributed by atoms with Gasteiger partial charge in [0, 0.05) is 16.8 Å². The first-order valence-corrected chi connectivity index (χ1v) is 7.43. The Bertz CT molecular complexity index is 540. The van der Waals surface area contributed by atoms with E-state index in [0.29, 0.717) is 0 Å². The fourth-order valence-electron chi connectivity index (χ4n) is 1.99. The summed E-state index contributed by atoms with van der Waals surface area (Å²) in [6, 6.07) is 10.7. The molecule has 96 valence electrons. The SMILES string of the molecule is CCC(N)(Cc1ccc(Br)s1)c1cccc(F)c1. The third-order valence-corrected chi connectivity index (χ3v) is 4.77. The Morgan fingerprint density at radius 1 is 1.33 bits per heavy atom. The van der Waals surface area contributed by atoms with E-state index in [0.717, 1.165) is 22.2 Å². The van der Waals surface area contributed by atoms with Gasteiger partial charge in [-0.05, 0) is 52.2 Å². The Labute approximate surface area is 119 Å². The minimum absolute atomic E-state index is 0.233. The van der Waals surface area contributed by atoms with Crippen LogP contribution in [0.3, 0.4) is 0 Å². The van der Waals surface area contributed by atoms with Crippen LogP contribution in [0.4, 0.5) is 4.39 Å². The van der Waals surface area contributed by atoms with Crippen LogP contribution in [0.5, 0.6) is 0 Å². The molecule has 1 nitrogen and oxygen atoms in total. The third-order valence-electron chi connectivity index (χ3n) is 3.15.